The van der Waals surface area contributed by atoms with Gasteiger partial charge in [-0.05, 0) is 25.3 Å². The first kappa shape index (κ1) is 13.6. The lowest BCUT2D eigenvalue weighted by Gasteiger charge is -2.15. The van der Waals surface area contributed by atoms with Crippen LogP contribution in [0, 0.1) is 10.1 Å². The number of hydrogen-bond donors (Lipinski definition) is 2. The third-order valence-electron chi connectivity index (χ3n) is 3.51. The minimum Gasteiger partial charge on any atom is -0.388 e. The van der Waals surface area contributed by atoms with Gasteiger partial charge in [0.25, 0.3) is 5.69 Å². The van der Waals surface area contributed by atoms with Crippen LogP contribution < -0.4 is 10.6 Å². The molecule has 0 aliphatic heterocycles. The van der Waals surface area contributed by atoms with Crippen molar-refractivity contribution in [2.45, 2.75) is 31.4 Å². The van der Waals surface area contributed by atoms with Crippen LogP contribution in [-0.4, -0.2) is 31.2 Å². The third-order valence-corrected chi connectivity index (χ3v) is 3.51. The van der Waals surface area contributed by atoms with Gasteiger partial charge in [-0.15, -0.1) is 0 Å². The molecule has 0 saturated heterocycles. The number of nitrogens with zero attached hydrogens (tertiary/aromatic N) is 1. The molecule has 1 aliphatic rings. The molecule has 0 bridgehead atoms. The topological polar surface area (TPSA) is 76.4 Å². The molecule has 1 aromatic carbocycles. The number of anilines is 2. The molecular weight excluding hydrogens is 246 g/mol. The first-order valence-corrected chi connectivity index (χ1v) is 6.39. The van der Waals surface area contributed by atoms with E-state index in [2.05, 4.69) is 10.6 Å². The Morgan fingerprint density at radius 3 is 2.63 bits per heavy atom. The van der Waals surface area contributed by atoms with Crippen molar-refractivity contribution >= 4 is 17.1 Å². The maximum Gasteiger partial charge on any atom is 0.273 e. The number of nitro benzene ring substituents is 1. The average molecular weight is 265 g/mol. The van der Waals surface area contributed by atoms with Gasteiger partial charge in [-0.25, -0.2) is 0 Å². The van der Waals surface area contributed by atoms with E-state index in [9.17, 15) is 10.1 Å². The largest absolute Gasteiger partial charge is 0.388 e. The molecule has 0 heterocycles. The van der Waals surface area contributed by atoms with E-state index in [-0.39, 0.29) is 10.6 Å². The Bertz CT molecular complexity index is 464. The van der Waals surface area contributed by atoms with E-state index in [4.69, 9.17) is 4.74 Å². The molecule has 2 rings (SSSR count). The molecule has 2 atom stereocenters. The van der Waals surface area contributed by atoms with E-state index in [1.165, 1.54) is 6.07 Å². The van der Waals surface area contributed by atoms with E-state index >= 15 is 0 Å². The Morgan fingerprint density at radius 2 is 2.05 bits per heavy atom. The van der Waals surface area contributed by atoms with E-state index in [1.54, 1.807) is 20.2 Å². The molecule has 0 spiro atoms. The molecule has 2 unspecified atom stereocenters. The molecule has 0 amide bonds. The Balaban J connectivity index is 2.11. The summed E-state index contributed by atoms with van der Waals surface area (Å²) in [5.74, 6) is 0. The summed E-state index contributed by atoms with van der Waals surface area (Å²) in [6, 6.07) is 5.29. The normalized spacial score (nSPS) is 22.2. The van der Waals surface area contributed by atoms with Crippen LogP contribution in [0.5, 0.6) is 0 Å². The molecule has 104 valence electrons. The summed E-state index contributed by atoms with van der Waals surface area (Å²) < 4.78 is 5.33. The van der Waals surface area contributed by atoms with Gasteiger partial charge < -0.3 is 15.4 Å². The highest BCUT2D eigenvalue weighted by Crippen LogP contribution is 2.28. The van der Waals surface area contributed by atoms with Crippen LogP contribution in [0.4, 0.5) is 17.1 Å². The summed E-state index contributed by atoms with van der Waals surface area (Å²) >= 11 is 0. The van der Waals surface area contributed by atoms with Crippen molar-refractivity contribution in [1.29, 1.82) is 0 Å². The fourth-order valence-corrected chi connectivity index (χ4v) is 2.47. The Labute approximate surface area is 112 Å². The van der Waals surface area contributed by atoms with Gasteiger partial charge in [0.2, 0.25) is 0 Å². The highest BCUT2D eigenvalue weighted by Gasteiger charge is 2.24. The van der Waals surface area contributed by atoms with Crippen LogP contribution in [0.15, 0.2) is 18.2 Å². The minimum absolute atomic E-state index is 0.0932. The summed E-state index contributed by atoms with van der Waals surface area (Å²) in [5, 5.41) is 17.2. The van der Waals surface area contributed by atoms with Crippen molar-refractivity contribution in [1.82, 2.24) is 0 Å². The van der Waals surface area contributed by atoms with Crippen molar-refractivity contribution in [3.05, 3.63) is 28.3 Å². The molecule has 19 heavy (non-hydrogen) atoms. The van der Waals surface area contributed by atoms with Crippen LogP contribution in [0.3, 0.4) is 0 Å². The van der Waals surface area contributed by atoms with Gasteiger partial charge in [0.1, 0.15) is 0 Å². The van der Waals surface area contributed by atoms with E-state index in [1.807, 2.05) is 6.07 Å². The minimum atomic E-state index is -0.376. The second kappa shape index (κ2) is 5.88. The molecule has 1 saturated carbocycles. The van der Waals surface area contributed by atoms with Gasteiger partial charge in [-0.2, -0.15) is 0 Å². The summed E-state index contributed by atoms with van der Waals surface area (Å²) in [4.78, 5) is 10.5. The van der Waals surface area contributed by atoms with Gasteiger partial charge >= 0.3 is 0 Å². The SMILES string of the molecule is CNc1cc(NC2CCC(OC)C2)cc([N+](=O)[O-])c1. The highest BCUT2D eigenvalue weighted by molar-refractivity contribution is 5.63. The molecule has 0 radical (unpaired) electrons. The van der Waals surface area contributed by atoms with Crippen LogP contribution in [-0.2, 0) is 4.74 Å². The number of non-ortho nitro benzene ring substituents is 1. The standard InChI is InChI=1S/C13H19N3O3/c1-14-10-5-11(7-12(6-10)16(17)18)15-9-3-4-13(8-9)19-2/h5-7,9,13-15H,3-4,8H2,1-2H3. The monoisotopic (exact) mass is 265 g/mol. The Morgan fingerprint density at radius 1 is 1.32 bits per heavy atom. The van der Waals surface area contributed by atoms with Crippen molar-refractivity contribution in [3.63, 3.8) is 0 Å². The number of rotatable bonds is 5. The fraction of sp³-hybridized carbons (Fsp3) is 0.538. The summed E-state index contributed by atoms with van der Waals surface area (Å²) in [6.45, 7) is 0. The molecule has 1 aromatic rings. The number of nitro groups is 1. The zero-order valence-electron chi connectivity index (χ0n) is 11.2. The van der Waals surface area contributed by atoms with Crippen molar-refractivity contribution in [2.24, 2.45) is 0 Å². The second-order valence-corrected chi connectivity index (χ2v) is 4.79. The average Bonchev–Trinajstić information content (AvgIpc) is 2.85. The van der Waals surface area contributed by atoms with Gasteiger partial charge in [-0.3, -0.25) is 10.1 Å². The molecule has 1 fully saturated rings. The molecule has 6 heteroatoms. The van der Waals surface area contributed by atoms with Gasteiger partial charge in [0.15, 0.2) is 0 Å². The lowest BCUT2D eigenvalue weighted by atomic mass is 10.2. The van der Waals surface area contributed by atoms with E-state index in [0.717, 1.165) is 30.6 Å². The summed E-state index contributed by atoms with van der Waals surface area (Å²) in [7, 11) is 3.47. The van der Waals surface area contributed by atoms with Crippen LogP contribution in [0.25, 0.3) is 0 Å². The van der Waals surface area contributed by atoms with Crippen LogP contribution in [0.1, 0.15) is 19.3 Å². The van der Waals surface area contributed by atoms with Crippen LogP contribution >= 0.6 is 0 Å². The van der Waals surface area contributed by atoms with Crippen LogP contribution in [0.2, 0.25) is 0 Å². The summed E-state index contributed by atoms with van der Waals surface area (Å²) in [5.41, 5.74) is 1.61. The fourth-order valence-electron chi connectivity index (χ4n) is 2.47. The molecule has 1 aliphatic carbocycles. The van der Waals surface area contributed by atoms with Gasteiger partial charge in [-0.1, -0.05) is 0 Å². The van der Waals surface area contributed by atoms with Crippen molar-refractivity contribution in [3.8, 4) is 0 Å². The number of methoxy groups -OCH3 is 1. The lowest BCUT2D eigenvalue weighted by Crippen LogP contribution is -2.17. The van der Waals surface area contributed by atoms with Crippen molar-refractivity contribution < 1.29 is 9.66 Å². The Hall–Kier alpha value is -1.82. The summed E-state index contributed by atoms with van der Waals surface area (Å²) in [6.07, 6.45) is 3.28. The second-order valence-electron chi connectivity index (χ2n) is 4.79. The molecule has 6 nitrogen and oxygen atoms in total. The van der Waals surface area contributed by atoms with E-state index < -0.39 is 0 Å². The predicted molar refractivity (Wildman–Crippen MR) is 74.7 cm³/mol. The predicted octanol–water partition coefficient (Wildman–Crippen LogP) is 2.62. The molecular formula is C13H19N3O3. The molecule has 0 aromatic heterocycles. The van der Waals surface area contributed by atoms with E-state index in [0.29, 0.717) is 12.1 Å². The van der Waals surface area contributed by atoms with Crippen molar-refractivity contribution in [2.75, 3.05) is 24.8 Å². The number of hydrogen-bond acceptors (Lipinski definition) is 5. The first-order valence-electron chi connectivity index (χ1n) is 6.39. The lowest BCUT2D eigenvalue weighted by molar-refractivity contribution is -0.384. The molecule has 2 N–H and O–H groups in total. The Kier molecular flexibility index (Phi) is 4.21. The number of nitrogens with one attached hydrogen (secondary N) is 2. The number of benzene rings is 1. The smallest absolute Gasteiger partial charge is 0.273 e. The highest BCUT2D eigenvalue weighted by atomic mass is 16.6. The first-order chi connectivity index (χ1) is 9.12. The van der Waals surface area contributed by atoms with Gasteiger partial charge in [0.05, 0.1) is 11.0 Å². The maximum absolute atomic E-state index is 10.9. The third kappa shape index (κ3) is 3.35. The number of ether oxygens (including phenoxy) is 1. The zero-order valence-corrected chi connectivity index (χ0v) is 11.2. The van der Waals surface area contributed by atoms with Gasteiger partial charge in [0, 0.05) is 43.7 Å². The maximum atomic E-state index is 10.9. The zero-order chi connectivity index (χ0) is 13.8. The quantitative estimate of drug-likeness (QED) is 0.632.